The van der Waals surface area contributed by atoms with Crippen molar-refractivity contribution in [1.82, 2.24) is 0 Å². The van der Waals surface area contributed by atoms with Crippen LogP contribution in [0.15, 0.2) is 97.2 Å². The van der Waals surface area contributed by atoms with Gasteiger partial charge in [-0.25, -0.2) is 0 Å². The molecule has 0 heterocycles. The first-order chi connectivity index (χ1) is 35.0. The van der Waals surface area contributed by atoms with Gasteiger partial charge in [0, 0.05) is 19.3 Å². The zero-order valence-corrected chi connectivity index (χ0v) is 46.5. The average Bonchev–Trinajstić information content (AvgIpc) is 3.37. The summed E-state index contributed by atoms with van der Waals surface area (Å²) in [6, 6.07) is 0. The minimum Gasteiger partial charge on any atom is -0.462 e. The highest BCUT2D eigenvalue weighted by Crippen LogP contribution is 2.14. The third-order valence-corrected chi connectivity index (χ3v) is 12.5. The quantitative estimate of drug-likeness (QED) is 0.0261. The number of unbranched alkanes of at least 4 members (excludes halogenated alkanes) is 26. The fraction of sp³-hybridized carbons (Fsp3) is 0.708. The van der Waals surface area contributed by atoms with Gasteiger partial charge in [0.05, 0.1) is 0 Å². The monoisotopic (exact) mass is 987 g/mol. The molecular formula is C65H110O6. The van der Waals surface area contributed by atoms with Crippen LogP contribution in [-0.4, -0.2) is 37.2 Å². The minimum absolute atomic E-state index is 0.106. The number of carbonyl (C=O) groups excluding carboxylic acids is 3. The van der Waals surface area contributed by atoms with Crippen molar-refractivity contribution < 1.29 is 28.6 Å². The Bertz CT molecular complexity index is 1410. The zero-order chi connectivity index (χ0) is 51.4. The third kappa shape index (κ3) is 57.1. The van der Waals surface area contributed by atoms with Crippen molar-refractivity contribution in [3.05, 3.63) is 97.2 Å². The highest BCUT2D eigenvalue weighted by Gasteiger charge is 2.19. The molecule has 0 aromatic carbocycles. The molecule has 0 aromatic heterocycles. The summed E-state index contributed by atoms with van der Waals surface area (Å²) in [4.78, 5) is 38.2. The average molecular weight is 988 g/mol. The van der Waals surface area contributed by atoms with Gasteiger partial charge in [0.25, 0.3) is 0 Å². The molecule has 0 aliphatic heterocycles. The van der Waals surface area contributed by atoms with Crippen molar-refractivity contribution in [2.24, 2.45) is 0 Å². The van der Waals surface area contributed by atoms with Crippen LogP contribution >= 0.6 is 0 Å². The molecule has 0 amide bonds. The molecule has 71 heavy (non-hydrogen) atoms. The van der Waals surface area contributed by atoms with Crippen LogP contribution in [0.4, 0.5) is 0 Å². The Morgan fingerprint density at radius 3 is 0.915 bits per heavy atom. The molecule has 0 aliphatic rings. The maximum absolute atomic E-state index is 12.9. The first-order valence-corrected chi connectivity index (χ1v) is 29.7. The standard InChI is InChI=1S/C65H110O6/c1-4-7-10-13-16-19-22-25-28-30-32-34-37-40-43-46-49-52-55-58-64(67)70-61-62(60-69-63(66)57-54-51-48-45-42-39-36-27-24-21-18-15-12-9-6-3)71-65(68)59-56-53-50-47-44-41-38-35-33-31-29-26-23-20-17-14-11-8-5-2/h16-17,19-20,25-29,32,34,36,40,43,49,52,62H,4-15,18,21-24,30-31,33,35,37-39,41-42,44-48,50-51,53-61H2,1-3H3/b19-16-,20-17-,28-25-,29-26-,34-32-,36-27-,43-40-,52-49-/t62-/m0/s1. The van der Waals surface area contributed by atoms with E-state index in [1.807, 2.05) is 6.08 Å². The van der Waals surface area contributed by atoms with Crippen molar-refractivity contribution in [2.45, 2.75) is 284 Å². The van der Waals surface area contributed by atoms with Crippen LogP contribution in [0.25, 0.3) is 0 Å². The van der Waals surface area contributed by atoms with E-state index in [-0.39, 0.29) is 37.5 Å². The van der Waals surface area contributed by atoms with E-state index < -0.39 is 6.10 Å². The van der Waals surface area contributed by atoms with Gasteiger partial charge >= 0.3 is 17.9 Å². The molecule has 0 fully saturated rings. The van der Waals surface area contributed by atoms with Gasteiger partial charge in [-0.15, -0.1) is 0 Å². The van der Waals surface area contributed by atoms with Gasteiger partial charge in [-0.2, -0.15) is 0 Å². The summed E-state index contributed by atoms with van der Waals surface area (Å²) in [5.41, 5.74) is 0. The largest absolute Gasteiger partial charge is 0.462 e. The van der Waals surface area contributed by atoms with Gasteiger partial charge in [0.1, 0.15) is 13.2 Å². The van der Waals surface area contributed by atoms with E-state index in [0.717, 1.165) is 83.5 Å². The van der Waals surface area contributed by atoms with Crippen molar-refractivity contribution in [1.29, 1.82) is 0 Å². The molecule has 0 bridgehead atoms. The summed E-state index contributed by atoms with van der Waals surface area (Å²) in [6.07, 6.45) is 78.3. The Kier molecular flexibility index (Phi) is 55.9. The Balaban J connectivity index is 4.51. The number of carbonyl (C=O) groups is 3. The van der Waals surface area contributed by atoms with Gasteiger partial charge in [0.2, 0.25) is 0 Å². The third-order valence-electron chi connectivity index (χ3n) is 12.5. The molecule has 0 rings (SSSR count). The van der Waals surface area contributed by atoms with E-state index in [1.54, 1.807) is 0 Å². The summed E-state index contributed by atoms with van der Waals surface area (Å²) in [5, 5.41) is 0. The second-order valence-corrected chi connectivity index (χ2v) is 19.5. The summed E-state index contributed by atoms with van der Waals surface area (Å²) in [5.74, 6) is -1.000. The first kappa shape index (κ1) is 67.3. The fourth-order valence-corrected chi connectivity index (χ4v) is 8.04. The summed E-state index contributed by atoms with van der Waals surface area (Å²) in [6.45, 7) is 6.52. The predicted octanol–water partition coefficient (Wildman–Crippen LogP) is 20.1. The Morgan fingerprint density at radius 2 is 0.535 bits per heavy atom. The van der Waals surface area contributed by atoms with Gasteiger partial charge in [-0.05, 0) is 116 Å². The fourth-order valence-electron chi connectivity index (χ4n) is 8.04. The van der Waals surface area contributed by atoms with E-state index in [2.05, 4.69) is 112 Å². The van der Waals surface area contributed by atoms with Crippen molar-refractivity contribution in [3.63, 3.8) is 0 Å². The van der Waals surface area contributed by atoms with Crippen LogP contribution in [0.5, 0.6) is 0 Å². The molecule has 0 unspecified atom stereocenters. The van der Waals surface area contributed by atoms with Crippen molar-refractivity contribution >= 4 is 17.9 Å². The number of rotatable bonds is 53. The van der Waals surface area contributed by atoms with E-state index in [9.17, 15) is 14.4 Å². The maximum atomic E-state index is 12.9. The van der Waals surface area contributed by atoms with Gasteiger partial charge in [-0.1, -0.05) is 240 Å². The first-order valence-electron chi connectivity index (χ1n) is 29.7. The zero-order valence-electron chi connectivity index (χ0n) is 46.5. The van der Waals surface area contributed by atoms with E-state index >= 15 is 0 Å². The molecule has 0 aliphatic carbocycles. The SMILES string of the molecule is CCCCC/C=C\C/C=C\C/C=C\C/C=C\C/C=C\CCC(=O)OC[C@H](COC(=O)CCCCCCC/C=C\CCCCCCCC)OC(=O)CCCCCCCCCCC/C=C\C/C=C\CCCCC. The van der Waals surface area contributed by atoms with E-state index in [4.69, 9.17) is 14.2 Å². The molecule has 0 spiro atoms. The number of esters is 3. The highest BCUT2D eigenvalue weighted by atomic mass is 16.6. The number of allylic oxidation sites excluding steroid dienone is 16. The van der Waals surface area contributed by atoms with E-state index in [1.165, 1.54) is 148 Å². The second-order valence-electron chi connectivity index (χ2n) is 19.5. The molecular weight excluding hydrogens is 877 g/mol. The lowest BCUT2D eigenvalue weighted by Gasteiger charge is -2.18. The second kappa shape index (κ2) is 58.9. The van der Waals surface area contributed by atoms with Gasteiger partial charge in [0.15, 0.2) is 6.10 Å². The molecule has 6 nitrogen and oxygen atoms in total. The molecule has 0 radical (unpaired) electrons. The summed E-state index contributed by atoms with van der Waals surface area (Å²) >= 11 is 0. The van der Waals surface area contributed by atoms with Crippen molar-refractivity contribution in [2.75, 3.05) is 13.2 Å². The van der Waals surface area contributed by atoms with Crippen LogP contribution in [-0.2, 0) is 28.6 Å². The lowest BCUT2D eigenvalue weighted by molar-refractivity contribution is -0.166. The van der Waals surface area contributed by atoms with Gasteiger partial charge < -0.3 is 14.2 Å². The molecule has 1 atom stereocenters. The van der Waals surface area contributed by atoms with Crippen LogP contribution in [0, 0.1) is 0 Å². The molecule has 0 saturated carbocycles. The Morgan fingerprint density at radius 1 is 0.282 bits per heavy atom. The number of hydrogen-bond acceptors (Lipinski definition) is 6. The smallest absolute Gasteiger partial charge is 0.306 e. The minimum atomic E-state index is -0.815. The topological polar surface area (TPSA) is 78.9 Å². The Labute approximate surface area is 438 Å². The van der Waals surface area contributed by atoms with Gasteiger partial charge in [-0.3, -0.25) is 14.4 Å². The van der Waals surface area contributed by atoms with E-state index in [0.29, 0.717) is 19.3 Å². The predicted molar refractivity (Wildman–Crippen MR) is 307 cm³/mol. The summed E-state index contributed by atoms with van der Waals surface area (Å²) in [7, 11) is 0. The molecule has 406 valence electrons. The van der Waals surface area contributed by atoms with Crippen LogP contribution in [0.3, 0.4) is 0 Å². The van der Waals surface area contributed by atoms with Crippen molar-refractivity contribution in [3.8, 4) is 0 Å². The van der Waals surface area contributed by atoms with Crippen LogP contribution in [0.2, 0.25) is 0 Å². The highest BCUT2D eigenvalue weighted by molar-refractivity contribution is 5.71. The lowest BCUT2D eigenvalue weighted by Crippen LogP contribution is -2.30. The van der Waals surface area contributed by atoms with Crippen LogP contribution in [0.1, 0.15) is 278 Å². The number of hydrogen-bond donors (Lipinski definition) is 0. The number of ether oxygens (including phenoxy) is 3. The molecule has 0 saturated heterocycles. The molecule has 6 heteroatoms. The van der Waals surface area contributed by atoms with Crippen LogP contribution < -0.4 is 0 Å². The lowest BCUT2D eigenvalue weighted by atomic mass is 10.1. The maximum Gasteiger partial charge on any atom is 0.306 e. The summed E-state index contributed by atoms with van der Waals surface area (Å²) < 4.78 is 16.8. The molecule has 0 N–H and O–H groups in total. The molecule has 0 aromatic rings. The normalized spacial score (nSPS) is 12.8. The Hall–Kier alpha value is -3.67.